The predicted octanol–water partition coefficient (Wildman–Crippen LogP) is 0.302. The molecule has 1 aliphatic rings. The topological polar surface area (TPSA) is 115 Å². The number of nitrogens with zero attached hydrogens (tertiary/aromatic N) is 6. The molecule has 0 aliphatic carbocycles. The molecule has 1 aliphatic heterocycles. The fraction of sp³-hybridized carbons (Fsp3) is 0.300. The fourth-order valence-corrected chi connectivity index (χ4v) is 3.33. The van der Waals surface area contributed by atoms with Gasteiger partial charge in [0, 0.05) is 31.3 Å². The standard InChI is InChI=1S/C20H21N7O3/c1-14-2-4-16(5-3-14)25-11-15(10-19(25)29)20(30)22-8-9-26-18(28)7-6-17(24-26)27-13-21-12-23-27/h2-7,12-13,15H,8-11H2,1H3,(H,22,30). The highest BCUT2D eigenvalue weighted by molar-refractivity contribution is 6.00. The molecule has 4 rings (SSSR count). The van der Waals surface area contributed by atoms with E-state index in [-0.39, 0.29) is 36.9 Å². The van der Waals surface area contributed by atoms with Crippen molar-refractivity contribution in [1.82, 2.24) is 29.9 Å². The number of nitrogens with one attached hydrogen (secondary N) is 1. The van der Waals surface area contributed by atoms with Crippen molar-refractivity contribution < 1.29 is 9.59 Å². The normalized spacial score (nSPS) is 16.1. The van der Waals surface area contributed by atoms with Gasteiger partial charge in [0.1, 0.15) is 12.7 Å². The van der Waals surface area contributed by atoms with Gasteiger partial charge in [0.2, 0.25) is 11.8 Å². The summed E-state index contributed by atoms with van der Waals surface area (Å²) in [6, 6.07) is 10.6. The zero-order chi connectivity index (χ0) is 21.1. The Morgan fingerprint density at radius 3 is 2.70 bits per heavy atom. The van der Waals surface area contributed by atoms with E-state index in [9.17, 15) is 14.4 Å². The van der Waals surface area contributed by atoms with E-state index in [2.05, 4.69) is 20.5 Å². The van der Waals surface area contributed by atoms with Crippen LogP contribution in [0.3, 0.4) is 0 Å². The van der Waals surface area contributed by atoms with Crippen molar-refractivity contribution >= 4 is 17.5 Å². The minimum absolute atomic E-state index is 0.0718. The van der Waals surface area contributed by atoms with Gasteiger partial charge in [0.05, 0.1) is 12.5 Å². The molecular weight excluding hydrogens is 386 g/mol. The van der Waals surface area contributed by atoms with E-state index in [1.165, 1.54) is 28.1 Å². The number of amides is 2. The van der Waals surface area contributed by atoms with Gasteiger partial charge in [-0.2, -0.15) is 5.10 Å². The van der Waals surface area contributed by atoms with Crippen LogP contribution in [0.4, 0.5) is 5.69 Å². The lowest BCUT2D eigenvalue weighted by Gasteiger charge is -2.17. The number of rotatable bonds is 6. The van der Waals surface area contributed by atoms with Gasteiger partial charge in [0.15, 0.2) is 5.82 Å². The van der Waals surface area contributed by atoms with Crippen LogP contribution in [0, 0.1) is 12.8 Å². The van der Waals surface area contributed by atoms with Gasteiger partial charge < -0.3 is 10.2 Å². The smallest absolute Gasteiger partial charge is 0.266 e. The van der Waals surface area contributed by atoms with Gasteiger partial charge in [0.25, 0.3) is 5.56 Å². The lowest BCUT2D eigenvalue weighted by Crippen LogP contribution is -2.36. The van der Waals surface area contributed by atoms with E-state index in [1.54, 1.807) is 11.0 Å². The predicted molar refractivity (Wildman–Crippen MR) is 108 cm³/mol. The van der Waals surface area contributed by atoms with Crippen molar-refractivity contribution in [2.75, 3.05) is 18.0 Å². The van der Waals surface area contributed by atoms with Crippen molar-refractivity contribution in [1.29, 1.82) is 0 Å². The Morgan fingerprint density at radius 1 is 1.17 bits per heavy atom. The van der Waals surface area contributed by atoms with E-state index < -0.39 is 5.92 Å². The zero-order valence-corrected chi connectivity index (χ0v) is 16.4. The quantitative estimate of drug-likeness (QED) is 0.629. The molecule has 1 aromatic carbocycles. The third kappa shape index (κ3) is 4.12. The summed E-state index contributed by atoms with van der Waals surface area (Å²) in [6.07, 6.45) is 3.02. The number of aromatic nitrogens is 5. The van der Waals surface area contributed by atoms with Gasteiger partial charge >= 0.3 is 0 Å². The van der Waals surface area contributed by atoms with Crippen molar-refractivity contribution in [3.8, 4) is 5.82 Å². The molecule has 1 saturated heterocycles. The third-order valence-corrected chi connectivity index (χ3v) is 4.97. The van der Waals surface area contributed by atoms with Crippen molar-refractivity contribution in [3.63, 3.8) is 0 Å². The second kappa shape index (κ2) is 8.27. The van der Waals surface area contributed by atoms with Gasteiger partial charge in [-0.25, -0.2) is 14.3 Å². The lowest BCUT2D eigenvalue weighted by molar-refractivity contribution is -0.126. The van der Waals surface area contributed by atoms with Crippen LogP contribution in [-0.2, 0) is 16.1 Å². The highest BCUT2D eigenvalue weighted by Gasteiger charge is 2.34. The highest BCUT2D eigenvalue weighted by atomic mass is 16.2. The molecule has 1 atom stereocenters. The molecule has 3 aromatic rings. The lowest BCUT2D eigenvalue weighted by atomic mass is 10.1. The molecule has 10 heteroatoms. The number of hydrogen-bond acceptors (Lipinski definition) is 6. The molecule has 1 fully saturated rings. The zero-order valence-electron chi connectivity index (χ0n) is 16.4. The summed E-state index contributed by atoms with van der Waals surface area (Å²) in [4.78, 5) is 42.4. The van der Waals surface area contributed by atoms with Crippen molar-refractivity contribution in [2.45, 2.75) is 19.9 Å². The number of hydrogen-bond donors (Lipinski definition) is 1. The van der Waals surface area contributed by atoms with Crippen LogP contribution < -0.4 is 15.8 Å². The summed E-state index contributed by atoms with van der Waals surface area (Å²) in [5.41, 5.74) is 1.62. The number of anilines is 1. The van der Waals surface area contributed by atoms with E-state index in [1.807, 2.05) is 31.2 Å². The molecular formula is C20H21N7O3. The summed E-state index contributed by atoms with van der Waals surface area (Å²) < 4.78 is 2.70. The van der Waals surface area contributed by atoms with E-state index in [4.69, 9.17) is 0 Å². The minimum atomic E-state index is -0.426. The second-order valence-electron chi connectivity index (χ2n) is 7.12. The first-order valence-corrected chi connectivity index (χ1v) is 9.59. The first kappa shape index (κ1) is 19.5. The van der Waals surface area contributed by atoms with Crippen LogP contribution in [0.15, 0.2) is 53.8 Å². The van der Waals surface area contributed by atoms with E-state index in [0.717, 1.165) is 11.3 Å². The summed E-state index contributed by atoms with van der Waals surface area (Å²) in [6.45, 7) is 2.75. The van der Waals surface area contributed by atoms with Crippen LogP contribution in [0.2, 0.25) is 0 Å². The summed E-state index contributed by atoms with van der Waals surface area (Å²) in [7, 11) is 0. The summed E-state index contributed by atoms with van der Waals surface area (Å²) >= 11 is 0. The monoisotopic (exact) mass is 407 g/mol. The molecule has 10 nitrogen and oxygen atoms in total. The largest absolute Gasteiger partial charge is 0.354 e. The van der Waals surface area contributed by atoms with Gasteiger partial charge in [-0.15, -0.1) is 5.10 Å². The highest BCUT2D eigenvalue weighted by Crippen LogP contribution is 2.25. The Kier molecular flexibility index (Phi) is 5.38. The van der Waals surface area contributed by atoms with E-state index >= 15 is 0 Å². The molecule has 0 saturated carbocycles. The molecule has 1 N–H and O–H groups in total. The summed E-state index contributed by atoms with van der Waals surface area (Å²) in [5.74, 6) is -0.255. The molecule has 154 valence electrons. The van der Waals surface area contributed by atoms with Crippen molar-refractivity contribution in [3.05, 3.63) is 65.0 Å². The molecule has 30 heavy (non-hydrogen) atoms. The first-order valence-electron chi connectivity index (χ1n) is 9.59. The number of benzene rings is 1. The number of carbonyl (C=O) groups excluding carboxylic acids is 2. The Hall–Kier alpha value is -3.82. The maximum atomic E-state index is 12.5. The molecule has 1 unspecified atom stereocenters. The first-order chi connectivity index (χ1) is 14.5. The Labute approximate surface area is 172 Å². The SMILES string of the molecule is Cc1ccc(N2CC(C(=O)NCCn3nc(-n4cncn4)ccc3=O)CC2=O)cc1. The Morgan fingerprint density at radius 2 is 1.97 bits per heavy atom. The molecule has 3 heterocycles. The number of aryl methyl sites for hydroxylation is 1. The molecule has 0 bridgehead atoms. The fourth-order valence-electron chi connectivity index (χ4n) is 3.33. The average molecular weight is 407 g/mol. The van der Waals surface area contributed by atoms with Crippen LogP contribution in [0.25, 0.3) is 5.82 Å². The summed E-state index contributed by atoms with van der Waals surface area (Å²) in [5, 5.41) is 11.0. The third-order valence-electron chi connectivity index (χ3n) is 4.97. The van der Waals surface area contributed by atoms with Gasteiger partial charge in [-0.3, -0.25) is 14.4 Å². The number of carbonyl (C=O) groups is 2. The van der Waals surface area contributed by atoms with Crippen LogP contribution in [0.5, 0.6) is 0 Å². The second-order valence-corrected chi connectivity index (χ2v) is 7.12. The Bertz CT molecular complexity index is 1110. The van der Waals surface area contributed by atoms with Crippen molar-refractivity contribution in [2.24, 2.45) is 5.92 Å². The molecule has 2 amide bonds. The van der Waals surface area contributed by atoms with Crippen LogP contribution in [-0.4, -0.2) is 49.4 Å². The molecule has 2 aromatic heterocycles. The maximum Gasteiger partial charge on any atom is 0.266 e. The minimum Gasteiger partial charge on any atom is -0.354 e. The molecule has 0 radical (unpaired) electrons. The van der Waals surface area contributed by atoms with Gasteiger partial charge in [-0.05, 0) is 25.1 Å². The molecule has 0 spiro atoms. The maximum absolute atomic E-state index is 12.5. The average Bonchev–Trinajstić information content (AvgIpc) is 3.40. The van der Waals surface area contributed by atoms with Crippen LogP contribution >= 0.6 is 0 Å². The van der Waals surface area contributed by atoms with Gasteiger partial charge in [-0.1, -0.05) is 17.7 Å². The Balaban J connectivity index is 1.34. The van der Waals surface area contributed by atoms with E-state index in [0.29, 0.717) is 12.4 Å². The van der Waals surface area contributed by atoms with Crippen LogP contribution in [0.1, 0.15) is 12.0 Å².